The summed E-state index contributed by atoms with van der Waals surface area (Å²) in [5.41, 5.74) is 8.37. The molecule has 1 unspecified atom stereocenters. The van der Waals surface area contributed by atoms with Gasteiger partial charge in [0.05, 0.1) is 6.26 Å². The van der Waals surface area contributed by atoms with E-state index < -0.39 is 5.91 Å². The first-order valence-corrected chi connectivity index (χ1v) is 5.63. The maximum Gasteiger partial charge on any atom is 0.301 e. The van der Waals surface area contributed by atoms with Crippen LogP contribution in [0.1, 0.15) is 23.0 Å². The zero-order valence-electron chi connectivity index (χ0n) is 8.53. The van der Waals surface area contributed by atoms with Gasteiger partial charge >= 0.3 is 5.91 Å². The number of carbonyl (C=O) groups excluding carboxylic acids is 1. The lowest BCUT2D eigenvalue weighted by atomic mass is 10.3. The van der Waals surface area contributed by atoms with Crippen molar-refractivity contribution in [2.75, 3.05) is 6.54 Å². The lowest BCUT2D eigenvalue weighted by molar-refractivity contribution is 0.0925. The number of carbonyl (C=O) groups is 1. The Kier molecular flexibility index (Phi) is 4.67. The number of rotatable bonds is 5. The molecule has 15 heavy (non-hydrogen) atoms. The molecule has 5 N–H and O–H groups in total. The molecule has 84 valence electrons. The number of amides is 1. The minimum atomic E-state index is -0.406. The summed E-state index contributed by atoms with van der Waals surface area (Å²) in [6.07, 6.45) is 1.48. The number of furan rings is 1. The molecule has 0 spiro atoms. The van der Waals surface area contributed by atoms with E-state index in [2.05, 4.69) is 0 Å². The Bertz CT molecular complexity index is 327. The second-order valence-electron chi connectivity index (χ2n) is 3.11. The Morgan fingerprint density at radius 1 is 1.73 bits per heavy atom. The van der Waals surface area contributed by atoms with Gasteiger partial charge in [-0.05, 0) is 6.07 Å². The molecule has 0 aliphatic heterocycles. The molecule has 0 saturated heterocycles. The van der Waals surface area contributed by atoms with Gasteiger partial charge in [-0.15, -0.1) is 0 Å². The van der Waals surface area contributed by atoms with Gasteiger partial charge in [0, 0.05) is 23.1 Å². The van der Waals surface area contributed by atoms with E-state index in [4.69, 9.17) is 16.0 Å². The number of thioether (sulfide) groups is 1. The molecule has 0 fully saturated rings. The zero-order chi connectivity index (χ0) is 11.3. The Morgan fingerprint density at radius 3 is 3.07 bits per heavy atom. The fraction of sp³-hybridized carbons (Fsp3) is 0.444. The molecule has 0 radical (unpaired) electrons. The summed E-state index contributed by atoms with van der Waals surface area (Å²) in [5.74, 6) is 5.59. The van der Waals surface area contributed by atoms with Gasteiger partial charge in [-0.1, -0.05) is 6.92 Å². The van der Waals surface area contributed by atoms with Crippen molar-refractivity contribution < 1.29 is 9.21 Å². The second kappa shape index (κ2) is 5.79. The average Bonchev–Trinajstić information content (AvgIpc) is 2.72. The van der Waals surface area contributed by atoms with Crippen LogP contribution in [0.3, 0.4) is 0 Å². The maximum atomic E-state index is 11.2. The molecule has 1 amide bonds. The van der Waals surface area contributed by atoms with Crippen LogP contribution >= 0.6 is 11.8 Å². The van der Waals surface area contributed by atoms with Crippen molar-refractivity contribution in [3.05, 3.63) is 23.7 Å². The van der Waals surface area contributed by atoms with Crippen molar-refractivity contribution in [2.24, 2.45) is 11.6 Å². The molecule has 1 aromatic rings. The monoisotopic (exact) mass is 229 g/mol. The Balaban J connectivity index is 2.61. The fourth-order valence-corrected chi connectivity index (χ4v) is 1.84. The fourth-order valence-electron chi connectivity index (χ4n) is 1.01. The molecule has 1 aromatic heterocycles. The highest BCUT2D eigenvalue weighted by Crippen LogP contribution is 2.20. The first kappa shape index (κ1) is 12.1. The first-order chi connectivity index (χ1) is 7.19. The van der Waals surface area contributed by atoms with Gasteiger partial charge in [-0.25, -0.2) is 5.84 Å². The summed E-state index contributed by atoms with van der Waals surface area (Å²) >= 11 is 1.67. The zero-order valence-corrected chi connectivity index (χ0v) is 9.34. The molecule has 0 aliphatic rings. The van der Waals surface area contributed by atoms with Gasteiger partial charge in [-0.2, -0.15) is 11.8 Å². The largest absolute Gasteiger partial charge is 0.459 e. The summed E-state index contributed by atoms with van der Waals surface area (Å²) in [6, 6.07) is 1.76. The molecule has 0 aliphatic carbocycles. The molecule has 1 atom stereocenters. The predicted octanol–water partition coefficient (Wildman–Crippen LogP) is 0.464. The Labute approximate surface area is 92.5 Å². The van der Waals surface area contributed by atoms with Crippen molar-refractivity contribution in [1.82, 2.24) is 5.43 Å². The van der Waals surface area contributed by atoms with E-state index in [-0.39, 0.29) is 5.76 Å². The molecular weight excluding hydrogens is 214 g/mol. The third-order valence-corrected chi connectivity index (χ3v) is 3.18. The summed E-state index contributed by atoms with van der Waals surface area (Å²) in [6.45, 7) is 2.65. The number of hydrazine groups is 1. The van der Waals surface area contributed by atoms with Crippen LogP contribution in [-0.4, -0.2) is 17.7 Å². The van der Waals surface area contributed by atoms with Crippen LogP contribution in [0.2, 0.25) is 0 Å². The van der Waals surface area contributed by atoms with E-state index in [0.717, 1.165) is 5.56 Å². The predicted molar refractivity (Wildman–Crippen MR) is 60.2 cm³/mol. The van der Waals surface area contributed by atoms with E-state index in [0.29, 0.717) is 17.5 Å². The number of nitrogen functional groups attached to an aromatic ring is 1. The summed E-state index contributed by atoms with van der Waals surface area (Å²) in [7, 11) is 0. The van der Waals surface area contributed by atoms with Crippen LogP contribution in [0.4, 0.5) is 0 Å². The third kappa shape index (κ3) is 3.26. The van der Waals surface area contributed by atoms with Gasteiger partial charge in [0.15, 0.2) is 5.76 Å². The molecule has 0 bridgehead atoms. The Hall–Kier alpha value is -0.980. The summed E-state index contributed by atoms with van der Waals surface area (Å²) < 4.78 is 5.05. The van der Waals surface area contributed by atoms with Gasteiger partial charge < -0.3 is 10.2 Å². The van der Waals surface area contributed by atoms with Gasteiger partial charge in [0.2, 0.25) is 0 Å². The van der Waals surface area contributed by atoms with E-state index in [1.165, 1.54) is 6.26 Å². The van der Waals surface area contributed by atoms with Crippen LogP contribution in [0.5, 0.6) is 0 Å². The van der Waals surface area contributed by atoms with Gasteiger partial charge in [0.1, 0.15) is 0 Å². The second-order valence-corrected chi connectivity index (χ2v) is 4.53. The smallest absolute Gasteiger partial charge is 0.301 e. The van der Waals surface area contributed by atoms with E-state index >= 15 is 0 Å². The molecule has 5 nitrogen and oxygen atoms in total. The molecule has 1 heterocycles. The highest BCUT2D eigenvalue weighted by atomic mass is 32.2. The Morgan fingerprint density at radius 2 is 2.47 bits per heavy atom. The van der Waals surface area contributed by atoms with Crippen LogP contribution in [0.15, 0.2) is 16.7 Å². The van der Waals surface area contributed by atoms with Crippen molar-refractivity contribution in [1.29, 1.82) is 0 Å². The SMILES string of the molecule is CC(CN)SCc1ccoc1C(=O)NN. The van der Waals surface area contributed by atoms with E-state index in [9.17, 15) is 4.79 Å². The number of nitrogens with one attached hydrogen (secondary N) is 1. The topological polar surface area (TPSA) is 94.3 Å². The summed E-state index contributed by atoms with van der Waals surface area (Å²) in [5, 5.41) is 0.355. The van der Waals surface area contributed by atoms with Crippen molar-refractivity contribution >= 4 is 17.7 Å². The van der Waals surface area contributed by atoms with E-state index in [1.54, 1.807) is 17.8 Å². The lowest BCUT2D eigenvalue weighted by Gasteiger charge is -2.07. The maximum absolute atomic E-state index is 11.2. The van der Waals surface area contributed by atoms with Crippen LogP contribution in [0, 0.1) is 0 Å². The summed E-state index contributed by atoms with van der Waals surface area (Å²) in [4.78, 5) is 11.2. The molecular formula is C9H15N3O2S. The third-order valence-electron chi connectivity index (χ3n) is 1.94. The molecule has 1 rings (SSSR count). The average molecular weight is 229 g/mol. The van der Waals surface area contributed by atoms with Gasteiger partial charge in [0.25, 0.3) is 0 Å². The van der Waals surface area contributed by atoms with Crippen LogP contribution in [0.25, 0.3) is 0 Å². The minimum Gasteiger partial charge on any atom is -0.459 e. The normalized spacial score (nSPS) is 12.5. The quantitative estimate of drug-likeness (QED) is 0.387. The number of hydrogen-bond acceptors (Lipinski definition) is 5. The highest BCUT2D eigenvalue weighted by molar-refractivity contribution is 7.99. The van der Waals surface area contributed by atoms with Crippen molar-refractivity contribution in [3.8, 4) is 0 Å². The molecule has 0 saturated carbocycles. The standard InChI is InChI=1S/C9H15N3O2S/c1-6(4-10)15-5-7-2-3-14-8(7)9(13)12-11/h2-3,6H,4-5,10-11H2,1H3,(H,12,13). The van der Waals surface area contributed by atoms with Crippen molar-refractivity contribution in [2.45, 2.75) is 17.9 Å². The van der Waals surface area contributed by atoms with Gasteiger partial charge in [-0.3, -0.25) is 10.2 Å². The van der Waals surface area contributed by atoms with Crippen molar-refractivity contribution in [3.63, 3.8) is 0 Å². The molecule has 0 aromatic carbocycles. The van der Waals surface area contributed by atoms with Crippen LogP contribution in [-0.2, 0) is 5.75 Å². The minimum absolute atomic E-state index is 0.272. The first-order valence-electron chi connectivity index (χ1n) is 4.58. The lowest BCUT2D eigenvalue weighted by Crippen LogP contribution is -2.30. The number of hydrogen-bond donors (Lipinski definition) is 3. The highest BCUT2D eigenvalue weighted by Gasteiger charge is 2.14. The van der Waals surface area contributed by atoms with E-state index in [1.807, 2.05) is 12.3 Å². The van der Waals surface area contributed by atoms with Crippen LogP contribution < -0.4 is 17.0 Å². The molecule has 6 heteroatoms. The number of nitrogens with two attached hydrogens (primary N) is 2.